The Balaban J connectivity index is 1.54. The lowest BCUT2D eigenvalue weighted by molar-refractivity contribution is 0.0706. The highest BCUT2D eigenvalue weighted by atomic mass is 16.2. The minimum atomic E-state index is 0.116. The van der Waals surface area contributed by atoms with Gasteiger partial charge in [-0.1, -0.05) is 36.4 Å². The molecule has 0 radical (unpaired) electrons. The number of rotatable bonds is 3. The molecule has 1 aliphatic heterocycles. The highest BCUT2D eigenvalue weighted by Crippen LogP contribution is 2.28. The van der Waals surface area contributed by atoms with Gasteiger partial charge < -0.3 is 4.90 Å². The summed E-state index contributed by atoms with van der Waals surface area (Å²) in [6.07, 6.45) is 3.86. The number of carbonyl (C=O) groups is 1. The van der Waals surface area contributed by atoms with Crippen LogP contribution in [-0.4, -0.2) is 33.9 Å². The number of likely N-dealkylation sites (tertiary alicyclic amines) is 1. The van der Waals surface area contributed by atoms with Gasteiger partial charge >= 0.3 is 0 Å². The Hall–Kier alpha value is -3.01. The largest absolute Gasteiger partial charge is 0.338 e. The normalized spacial score (nSPS) is 16.8. The lowest BCUT2D eigenvalue weighted by atomic mass is 9.93. The van der Waals surface area contributed by atoms with Gasteiger partial charge in [0.25, 0.3) is 5.91 Å². The van der Waals surface area contributed by atoms with Crippen LogP contribution in [0.1, 0.15) is 45.9 Å². The molecule has 28 heavy (non-hydrogen) atoms. The van der Waals surface area contributed by atoms with Crippen LogP contribution in [0.2, 0.25) is 0 Å². The second kappa shape index (κ2) is 7.93. The molecule has 4 nitrogen and oxygen atoms in total. The molecule has 1 aliphatic rings. The fourth-order valence-corrected chi connectivity index (χ4v) is 3.79. The molecule has 0 unspecified atom stereocenters. The lowest BCUT2D eigenvalue weighted by Gasteiger charge is -2.32. The molecule has 0 aliphatic carbocycles. The summed E-state index contributed by atoms with van der Waals surface area (Å²) in [6.45, 7) is 5.63. The van der Waals surface area contributed by atoms with E-state index in [2.05, 4.69) is 18.8 Å². The molecule has 2 heterocycles. The minimum Gasteiger partial charge on any atom is -0.338 e. The van der Waals surface area contributed by atoms with Crippen molar-refractivity contribution in [3.05, 3.63) is 83.2 Å². The van der Waals surface area contributed by atoms with Crippen LogP contribution in [0.4, 0.5) is 0 Å². The van der Waals surface area contributed by atoms with Crippen LogP contribution in [0.25, 0.3) is 11.4 Å². The number of aromatic nitrogens is 2. The molecule has 0 saturated carbocycles. The van der Waals surface area contributed by atoms with E-state index in [4.69, 9.17) is 4.98 Å². The SMILES string of the molecule is Cc1ccc(C(=O)N2CCC[C@H](c3ccnc(-c4ccccc4)n3)C2)cc1C. The molecule has 2 aromatic carbocycles. The molecular formula is C24H25N3O. The van der Waals surface area contributed by atoms with Crippen molar-refractivity contribution in [3.63, 3.8) is 0 Å². The van der Waals surface area contributed by atoms with Gasteiger partial charge in [-0.2, -0.15) is 0 Å². The summed E-state index contributed by atoms with van der Waals surface area (Å²) in [5.41, 5.74) is 5.18. The summed E-state index contributed by atoms with van der Waals surface area (Å²) < 4.78 is 0. The molecule has 1 atom stereocenters. The Labute approximate surface area is 166 Å². The van der Waals surface area contributed by atoms with Crippen molar-refractivity contribution in [2.45, 2.75) is 32.6 Å². The zero-order valence-corrected chi connectivity index (χ0v) is 16.4. The van der Waals surface area contributed by atoms with Crippen molar-refractivity contribution in [2.24, 2.45) is 0 Å². The summed E-state index contributed by atoms with van der Waals surface area (Å²) >= 11 is 0. The molecule has 1 fully saturated rings. The average Bonchev–Trinajstić information content (AvgIpc) is 2.76. The maximum atomic E-state index is 13.0. The van der Waals surface area contributed by atoms with Gasteiger partial charge in [0.05, 0.1) is 0 Å². The van der Waals surface area contributed by atoms with Crippen molar-refractivity contribution >= 4 is 5.91 Å². The summed E-state index contributed by atoms with van der Waals surface area (Å²) in [5, 5.41) is 0. The summed E-state index contributed by atoms with van der Waals surface area (Å²) in [5.74, 6) is 1.11. The molecule has 1 saturated heterocycles. The molecule has 1 aromatic heterocycles. The number of nitrogens with zero attached hydrogens (tertiary/aromatic N) is 3. The molecule has 4 heteroatoms. The monoisotopic (exact) mass is 371 g/mol. The molecule has 0 N–H and O–H groups in total. The first-order chi connectivity index (χ1) is 13.6. The van der Waals surface area contributed by atoms with Crippen LogP contribution >= 0.6 is 0 Å². The van der Waals surface area contributed by atoms with Crippen molar-refractivity contribution in [3.8, 4) is 11.4 Å². The number of carbonyl (C=O) groups excluding carboxylic acids is 1. The van der Waals surface area contributed by atoms with E-state index in [0.29, 0.717) is 6.54 Å². The number of amides is 1. The van der Waals surface area contributed by atoms with Crippen LogP contribution in [-0.2, 0) is 0 Å². The van der Waals surface area contributed by atoms with Crippen molar-refractivity contribution in [1.82, 2.24) is 14.9 Å². The van der Waals surface area contributed by atoms with Gasteiger partial charge in [-0.05, 0) is 56.0 Å². The maximum absolute atomic E-state index is 13.0. The second-order valence-corrected chi connectivity index (χ2v) is 7.56. The molecule has 4 rings (SSSR count). The third-order valence-corrected chi connectivity index (χ3v) is 5.59. The summed E-state index contributed by atoms with van der Waals surface area (Å²) in [7, 11) is 0. The van der Waals surface area contributed by atoms with Crippen LogP contribution in [0.3, 0.4) is 0 Å². The standard InChI is InChI=1S/C24H25N3O/c1-17-10-11-20(15-18(17)2)24(28)27-14-6-9-21(16-27)22-12-13-25-23(26-22)19-7-4-3-5-8-19/h3-5,7-8,10-13,15,21H,6,9,14,16H2,1-2H3/t21-/m0/s1. The van der Waals surface area contributed by atoms with Crippen molar-refractivity contribution in [1.29, 1.82) is 0 Å². The Morgan fingerprint density at radius 2 is 1.86 bits per heavy atom. The highest BCUT2D eigenvalue weighted by molar-refractivity contribution is 5.94. The molecule has 3 aromatic rings. The van der Waals surface area contributed by atoms with Gasteiger partial charge in [-0.15, -0.1) is 0 Å². The lowest BCUT2D eigenvalue weighted by Crippen LogP contribution is -2.39. The van der Waals surface area contributed by atoms with Crippen LogP contribution in [0, 0.1) is 13.8 Å². The topological polar surface area (TPSA) is 46.1 Å². The minimum absolute atomic E-state index is 0.116. The molecule has 0 spiro atoms. The molecule has 1 amide bonds. The zero-order chi connectivity index (χ0) is 19.5. The van der Waals surface area contributed by atoms with Gasteiger partial charge in [-0.3, -0.25) is 4.79 Å². The first-order valence-corrected chi connectivity index (χ1v) is 9.87. The average molecular weight is 371 g/mol. The van der Waals surface area contributed by atoms with Crippen LogP contribution in [0.15, 0.2) is 60.8 Å². The van der Waals surface area contributed by atoms with Crippen molar-refractivity contribution in [2.75, 3.05) is 13.1 Å². The number of piperidine rings is 1. The van der Waals surface area contributed by atoms with E-state index in [9.17, 15) is 4.79 Å². The molecule has 142 valence electrons. The summed E-state index contributed by atoms with van der Waals surface area (Å²) in [4.78, 5) is 24.2. The Morgan fingerprint density at radius 1 is 1.04 bits per heavy atom. The fourth-order valence-electron chi connectivity index (χ4n) is 3.79. The summed E-state index contributed by atoms with van der Waals surface area (Å²) in [6, 6.07) is 18.0. The third-order valence-electron chi connectivity index (χ3n) is 5.59. The van der Waals surface area contributed by atoms with Crippen LogP contribution in [0.5, 0.6) is 0 Å². The van der Waals surface area contributed by atoms with E-state index < -0.39 is 0 Å². The van der Waals surface area contributed by atoms with E-state index in [0.717, 1.165) is 47.6 Å². The zero-order valence-electron chi connectivity index (χ0n) is 16.4. The predicted octanol–water partition coefficient (Wildman–Crippen LogP) is 4.78. The Morgan fingerprint density at radius 3 is 2.64 bits per heavy atom. The molecular weight excluding hydrogens is 346 g/mol. The first kappa shape index (κ1) is 18.4. The van der Waals surface area contributed by atoms with E-state index in [1.54, 1.807) is 0 Å². The van der Waals surface area contributed by atoms with Gasteiger partial charge in [0.2, 0.25) is 0 Å². The van der Waals surface area contributed by atoms with Gasteiger partial charge in [0.1, 0.15) is 0 Å². The van der Waals surface area contributed by atoms with E-state index in [-0.39, 0.29) is 11.8 Å². The second-order valence-electron chi connectivity index (χ2n) is 7.56. The van der Waals surface area contributed by atoms with Gasteiger partial charge in [0, 0.05) is 42.0 Å². The Kier molecular flexibility index (Phi) is 5.20. The number of hydrogen-bond donors (Lipinski definition) is 0. The highest BCUT2D eigenvalue weighted by Gasteiger charge is 2.26. The van der Waals surface area contributed by atoms with Gasteiger partial charge in [-0.25, -0.2) is 9.97 Å². The fraction of sp³-hybridized carbons (Fsp3) is 0.292. The molecule has 0 bridgehead atoms. The van der Waals surface area contributed by atoms with Crippen molar-refractivity contribution < 1.29 is 4.79 Å². The smallest absolute Gasteiger partial charge is 0.253 e. The number of aryl methyl sites for hydroxylation is 2. The predicted molar refractivity (Wildman–Crippen MR) is 111 cm³/mol. The van der Waals surface area contributed by atoms with E-state index in [1.807, 2.05) is 65.7 Å². The maximum Gasteiger partial charge on any atom is 0.253 e. The van der Waals surface area contributed by atoms with E-state index >= 15 is 0 Å². The van der Waals surface area contributed by atoms with E-state index in [1.165, 1.54) is 5.56 Å². The van der Waals surface area contributed by atoms with Crippen LogP contribution < -0.4 is 0 Å². The first-order valence-electron chi connectivity index (χ1n) is 9.87. The Bertz CT molecular complexity index is 984. The van der Waals surface area contributed by atoms with Gasteiger partial charge in [0.15, 0.2) is 5.82 Å². The quantitative estimate of drug-likeness (QED) is 0.666. The third kappa shape index (κ3) is 3.81. The number of hydrogen-bond acceptors (Lipinski definition) is 3. The number of benzene rings is 2.